The molecule has 3 N–H and O–H groups in total. The van der Waals surface area contributed by atoms with E-state index in [0.717, 1.165) is 17.7 Å². The van der Waals surface area contributed by atoms with Gasteiger partial charge >= 0.3 is 11.9 Å². The van der Waals surface area contributed by atoms with Gasteiger partial charge in [-0.2, -0.15) is 0 Å². The van der Waals surface area contributed by atoms with Crippen LogP contribution in [0.4, 0.5) is 5.69 Å². The Morgan fingerprint density at radius 2 is 1.70 bits per heavy atom. The van der Waals surface area contributed by atoms with E-state index in [2.05, 4.69) is 15.6 Å². The highest BCUT2D eigenvalue weighted by molar-refractivity contribution is 6.42. The average Bonchev–Trinajstić information content (AvgIpc) is 3.05. The number of aromatic nitrogens is 3. The molecule has 9 nitrogen and oxygen atoms in total. The van der Waals surface area contributed by atoms with Gasteiger partial charge in [-0.15, -0.1) is 5.10 Å². The van der Waals surface area contributed by atoms with Crippen molar-refractivity contribution < 1.29 is 24.6 Å². The number of hydrogen-bond donors (Lipinski definition) is 3. The summed E-state index contributed by atoms with van der Waals surface area (Å²) in [5.74, 6) is -3.43. The maximum atomic E-state index is 12.6. The number of hydrogen-bond acceptors (Lipinski definition) is 5. The monoisotopic (exact) mass is 448 g/mol. The number of nitrogens with one attached hydrogen (secondary N) is 1. The lowest BCUT2D eigenvalue weighted by Gasteiger charge is -2.08. The molecule has 1 heterocycles. The maximum absolute atomic E-state index is 12.6. The first-order valence-corrected chi connectivity index (χ1v) is 9.19. The second kappa shape index (κ2) is 8.52. The van der Waals surface area contributed by atoms with Gasteiger partial charge in [0.15, 0.2) is 5.69 Å². The molecule has 0 saturated carbocycles. The Kier molecular flexibility index (Phi) is 6.04. The molecule has 0 fully saturated rings. The highest BCUT2D eigenvalue weighted by Gasteiger charge is 2.20. The Balaban J connectivity index is 1.81. The van der Waals surface area contributed by atoms with Crippen LogP contribution in [0.15, 0.2) is 36.4 Å². The predicted octanol–water partition coefficient (Wildman–Crippen LogP) is 3.59. The van der Waals surface area contributed by atoms with Crippen molar-refractivity contribution in [2.24, 2.45) is 0 Å². The molecule has 11 heteroatoms. The van der Waals surface area contributed by atoms with E-state index in [1.807, 2.05) is 0 Å². The average molecular weight is 449 g/mol. The van der Waals surface area contributed by atoms with Crippen LogP contribution < -0.4 is 5.32 Å². The summed E-state index contributed by atoms with van der Waals surface area (Å²) < 4.78 is 1.50. The molecule has 0 aliphatic heterocycles. The lowest BCUT2D eigenvalue weighted by atomic mass is 10.1. The van der Waals surface area contributed by atoms with Crippen molar-refractivity contribution in [3.8, 4) is 0 Å². The lowest BCUT2D eigenvalue weighted by molar-refractivity contribution is 0.0651. The highest BCUT2D eigenvalue weighted by atomic mass is 35.5. The van der Waals surface area contributed by atoms with Crippen molar-refractivity contribution in [1.29, 1.82) is 0 Å². The minimum atomic E-state index is -1.42. The predicted molar refractivity (Wildman–Crippen MR) is 109 cm³/mol. The Labute approximate surface area is 179 Å². The van der Waals surface area contributed by atoms with Crippen LogP contribution >= 0.6 is 23.2 Å². The molecule has 0 aliphatic rings. The van der Waals surface area contributed by atoms with Crippen LogP contribution in [0.1, 0.15) is 42.5 Å². The molecule has 0 bridgehead atoms. The van der Waals surface area contributed by atoms with Gasteiger partial charge in [-0.3, -0.25) is 4.79 Å². The van der Waals surface area contributed by atoms with E-state index in [9.17, 15) is 19.5 Å². The SMILES string of the molecule is Cc1c(C(=O)Nc2ccc(C(=O)O)c(C(=O)O)c2)nnn1Cc1ccc(Cl)c(Cl)c1. The van der Waals surface area contributed by atoms with E-state index < -0.39 is 23.4 Å². The van der Waals surface area contributed by atoms with E-state index in [-0.39, 0.29) is 16.9 Å². The van der Waals surface area contributed by atoms with E-state index in [1.165, 1.54) is 10.7 Å². The molecule has 0 radical (unpaired) electrons. The van der Waals surface area contributed by atoms with E-state index >= 15 is 0 Å². The maximum Gasteiger partial charge on any atom is 0.336 e. The molecule has 1 aromatic heterocycles. The number of rotatable bonds is 6. The van der Waals surface area contributed by atoms with Gasteiger partial charge in [0.05, 0.1) is 33.4 Å². The number of carboxylic acids is 2. The van der Waals surface area contributed by atoms with Crippen LogP contribution in [0.2, 0.25) is 10.0 Å². The third-order valence-electron chi connectivity index (χ3n) is 4.25. The zero-order chi connectivity index (χ0) is 22.0. The second-order valence-electron chi connectivity index (χ2n) is 6.25. The van der Waals surface area contributed by atoms with Crippen LogP contribution in [0.25, 0.3) is 0 Å². The van der Waals surface area contributed by atoms with Gasteiger partial charge < -0.3 is 15.5 Å². The number of carboxylic acid groups (broad SMARTS) is 2. The Morgan fingerprint density at radius 1 is 1.00 bits per heavy atom. The van der Waals surface area contributed by atoms with Crippen molar-refractivity contribution in [3.63, 3.8) is 0 Å². The fourth-order valence-electron chi connectivity index (χ4n) is 2.71. The van der Waals surface area contributed by atoms with E-state index in [1.54, 1.807) is 25.1 Å². The van der Waals surface area contributed by atoms with E-state index in [0.29, 0.717) is 22.3 Å². The molecule has 0 atom stereocenters. The summed E-state index contributed by atoms with van der Waals surface area (Å²) in [6.45, 7) is 1.96. The summed E-state index contributed by atoms with van der Waals surface area (Å²) in [4.78, 5) is 35.0. The fraction of sp³-hybridized carbons (Fsp3) is 0.105. The molecule has 30 heavy (non-hydrogen) atoms. The number of carbonyl (C=O) groups excluding carboxylic acids is 1. The molecule has 3 aromatic rings. The Morgan fingerprint density at radius 3 is 2.33 bits per heavy atom. The third kappa shape index (κ3) is 4.42. The van der Waals surface area contributed by atoms with Crippen LogP contribution in [-0.2, 0) is 6.54 Å². The smallest absolute Gasteiger partial charge is 0.336 e. The van der Waals surface area contributed by atoms with Gasteiger partial charge in [-0.05, 0) is 42.8 Å². The van der Waals surface area contributed by atoms with Gasteiger partial charge in [0.25, 0.3) is 5.91 Å². The number of benzene rings is 2. The van der Waals surface area contributed by atoms with Crippen molar-refractivity contribution in [2.45, 2.75) is 13.5 Å². The van der Waals surface area contributed by atoms with Gasteiger partial charge in [0, 0.05) is 5.69 Å². The molecule has 3 rings (SSSR count). The first-order chi connectivity index (χ1) is 14.2. The molecule has 0 aliphatic carbocycles. The molecule has 0 saturated heterocycles. The topological polar surface area (TPSA) is 134 Å². The fourth-order valence-corrected chi connectivity index (χ4v) is 3.03. The van der Waals surface area contributed by atoms with Gasteiger partial charge in [0.2, 0.25) is 0 Å². The summed E-state index contributed by atoms with van der Waals surface area (Å²) in [5, 5.41) is 29.4. The first kappa shape index (κ1) is 21.3. The zero-order valence-electron chi connectivity index (χ0n) is 15.4. The minimum Gasteiger partial charge on any atom is -0.478 e. The third-order valence-corrected chi connectivity index (χ3v) is 4.99. The number of halogens is 2. The van der Waals surface area contributed by atoms with Crippen LogP contribution in [0.5, 0.6) is 0 Å². The molecule has 0 spiro atoms. The first-order valence-electron chi connectivity index (χ1n) is 8.43. The quantitative estimate of drug-likeness (QED) is 0.524. The van der Waals surface area contributed by atoms with Crippen molar-refractivity contribution >= 4 is 46.7 Å². The summed E-state index contributed by atoms with van der Waals surface area (Å²) in [5.41, 5.74) is 0.596. The molecule has 2 aromatic carbocycles. The minimum absolute atomic E-state index is 0.0363. The van der Waals surface area contributed by atoms with Crippen LogP contribution in [0.3, 0.4) is 0 Å². The van der Waals surface area contributed by atoms with Crippen molar-refractivity contribution in [2.75, 3.05) is 5.32 Å². The van der Waals surface area contributed by atoms with Crippen LogP contribution in [0, 0.1) is 6.92 Å². The normalized spacial score (nSPS) is 10.6. The van der Waals surface area contributed by atoms with Gasteiger partial charge in [-0.25, -0.2) is 14.3 Å². The van der Waals surface area contributed by atoms with Gasteiger partial charge in [-0.1, -0.05) is 34.5 Å². The molecule has 0 unspecified atom stereocenters. The van der Waals surface area contributed by atoms with Crippen LogP contribution in [-0.4, -0.2) is 43.1 Å². The molecule has 1 amide bonds. The Hall–Kier alpha value is -3.43. The summed E-state index contributed by atoms with van der Waals surface area (Å²) in [6.07, 6.45) is 0. The highest BCUT2D eigenvalue weighted by Crippen LogP contribution is 2.23. The molecular formula is C19H14Cl2N4O5. The number of anilines is 1. The number of aromatic carboxylic acids is 2. The number of amides is 1. The number of carbonyl (C=O) groups is 3. The van der Waals surface area contributed by atoms with Crippen molar-refractivity contribution in [1.82, 2.24) is 15.0 Å². The molecular weight excluding hydrogens is 435 g/mol. The standard InChI is InChI=1S/C19H14Cl2N4O5/c1-9-16(23-24-25(9)8-10-2-5-14(20)15(21)6-10)17(26)22-11-3-4-12(18(27)28)13(7-11)19(29)30/h2-7H,8H2,1H3,(H,22,26)(H,27,28)(H,29,30). The summed E-state index contributed by atoms with van der Waals surface area (Å²) in [6, 6.07) is 8.58. The second-order valence-corrected chi connectivity index (χ2v) is 7.07. The Bertz CT molecular complexity index is 1180. The summed E-state index contributed by atoms with van der Waals surface area (Å²) >= 11 is 11.9. The zero-order valence-corrected chi connectivity index (χ0v) is 16.9. The summed E-state index contributed by atoms with van der Waals surface area (Å²) in [7, 11) is 0. The van der Waals surface area contributed by atoms with Crippen molar-refractivity contribution in [3.05, 3.63) is 74.5 Å². The van der Waals surface area contributed by atoms with Gasteiger partial charge in [0.1, 0.15) is 0 Å². The largest absolute Gasteiger partial charge is 0.478 e. The lowest BCUT2D eigenvalue weighted by Crippen LogP contribution is -2.16. The number of nitrogens with zero attached hydrogens (tertiary/aromatic N) is 3. The van der Waals surface area contributed by atoms with E-state index in [4.69, 9.17) is 28.3 Å². The molecule has 154 valence electrons.